The van der Waals surface area contributed by atoms with Gasteiger partial charge in [-0.05, 0) is 26.5 Å². The number of likely N-dealkylation sites (N-methyl/N-ethyl adjacent to an activating group) is 1. The number of carboxylic acid groups (broad SMARTS) is 1. The fraction of sp³-hybridized carbons (Fsp3) is 0.533. The number of carbonyl (C=O) groups is 1. The van der Waals surface area contributed by atoms with Crippen molar-refractivity contribution in [1.82, 2.24) is 9.80 Å². The zero-order valence-electron chi connectivity index (χ0n) is 11.9. The van der Waals surface area contributed by atoms with Crippen molar-refractivity contribution in [3.63, 3.8) is 0 Å². The van der Waals surface area contributed by atoms with Gasteiger partial charge >= 0.3 is 5.97 Å². The predicted molar refractivity (Wildman–Crippen MR) is 75.2 cm³/mol. The summed E-state index contributed by atoms with van der Waals surface area (Å²) in [6.45, 7) is 7.22. The Morgan fingerprint density at radius 2 is 1.68 bits per heavy atom. The zero-order chi connectivity index (χ0) is 14.0. The largest absolute Gasteiger partial charge is 0.480 e. The van der Waals surface area contributed by atoms with Crippen molar-refractivity contribution in [1.29, 1.82) is 0 Å². The highest BCUT2D eigenvalue weighted by Gasteiger charge is 2.42. The number of carboxylic acids is 1. The fourth-order valence-corrected chi connectivity index (χ4v) is 2.57. The van der Waals surface area contributed by atoms with Crippen LogP contribution in [0.2, 0.25) is 0 Å². The molecule has 19 heavy (non-hydrogen) atoms. The van der Waals surface area contributed by atoms with Gasteiger partial charge in [-0.3, -0.25) is 4.90 Å². The Balaban J connectivity index is 2.32. The normalized spacial score (nSPS) is 21.0. The Morgan fingerprint density at radius 3 is 2.16 bits per heavy atom. The second-order valence-corrected chi connectivity index (χ2v) is 5.53. The molecule has 4 heteroatoms. The summed E-state index contributed by atoms with van der Waals surface area (Å²) in [6.07, 6.45) is 0. The van der Waals surface area contributed by atoms with E-state index in [4.69, 9.17) is 0 Å². The van der Waals surface area contributed by atoms with E-state index in [1.807, 2.05) is 38.1 Å². The molecule has 0 saturated carbocycles. The molecule has 1 saturated heterocycles. The van der Waals surface area contributed by atoms with Gasteiger partial charge in [0.15, 0.2) is 0 Å². The molecule has 1 fully saturated rings. The summed E-state index contributed by atoms with van der Waals surface area (Å²) in [4.78, 5) is 16.1. The average Bonchev–Trinajstić information content (AvgIpc) is 2.39. The van der Waals surface area contributed by atoms with Crippen molar-refractivity contribution in [3.05, 3.63) is 35.4 Å². The summed E-state index contributed by atoms with van der Waals surface area (Å²) >= 11 is 0. The molecule has 1 unspecified atom stereocenters. The molecule has 1 heterocycles. The Bertz CT molecular complexity index is 450. The summed E-state index contributed by atoms with van der Waals surface area (Å²) in [5.41, 5.74) is 1.07. The number of benzene rings is 1. The van der Waals surface area contributed by atoms with Crippen LogP contribution in [0.3, 0.4) is 0 Å². The monoisotopic (exact) mass is 262 g/mol. The Labute approximate surface area is 114 Å². The Kier molecular flexibility index (Phi) is 3.92. The second-order valence-electron chi connectivity index (χ2n) is 5.53. The van der Waals surface area contributed by atoms with E-state index in [1.165, 1.54) is 0 Å². The fourth-order valence-electron chi connectivity index (χ4n) is 2.57. The number of hydrogen-bond acceptors (Lipinski definition) is 3. The van der Waals surface area contributed by atoms with E-state index in [9.17, 15) is 9.90 Å². The number of hydrogen-bond donors (Lipinski definition) is 1. The van der Waals surface area contributed by atoms with Crippen LogP contribution in [0.5, 0.6) is 0 Å². The van der Waals surface area contributed by atoms with E-state index in [-0.39, 0.29) is 0 Å². The number of aryl methyl sites for hydroxylation is 1. The van der Waals surface area contributed by atoms with Crippen LogP contribution in [0.4, 0.5) is 0 Å². The lowest BCUT2D eigenvalue weighted by Gasteiger charge is -2.42. The third-order valence-electron chi connectivity index (χ3n) is 4.17. The van der Waals surface area contributed by atoms with E-state index in [2.05, 4.69) is 16.8 Å². The van der Waals surface area contributed by atoms with Crippen LogP contribution in [-0.2, 0) is 10.3 Å². The van der Waals surface area contributed by atoms with E-state index in [0.29, 0.717) is 0 Å². The molecule has 1 aromatic rings. The lowest BCUT2D eigenvalue weighted by molar-refractivity contribution is -0.152. The molecular weight excluding hydrogens is 240 g/mol. The van der Waals surface area contributed by atoms with Gasteiger partial charge < -0.3 is 10.0 Å². The minimum Gasteiger partial charge on any atom is -0.480 e. The maximum Gasteiger partial charge on any atom is 0.328 e. The number of rotatable bonds is 3. The molecule has 4 nitrogen and oxygen atoms in total. The van der Waals surface area contributed by atoms with Gasteiger partial charge in [-0.1, -0.05) is 29.8 Å². The molecule has 0 spiro atoms. The van der Waals surface area contributed by atoms with E-state index in [0.717, 1.165) is 37.3 Å². The molecule has 0 amide bonds. The van der Waals surface area contributed by atoms with E-state index < -0.39 is 11.5 Å². The SMILES string of the molecule is Cc1ccc(C(C)(C(=O)O)N2CCN(C)CC2)cc1. The molecule has 0 radical (unpaired) electrons. The quantitative estimate of drug-likeness (QED) is 0.897. The van der Waals surface area contributed by atoms with Crippen molar-refractivity contribution in [2.45, 2.75) is 19.4 Å². The summed E-state index contributed by atoms with van der Waals surface area (Å²) in [6, 6.07) is 7.82. The van der Waals surface area contributed by atoms with E-state index in [1.54, 1.807) is 0 Å². The standard InChI is InChI=1S/C15H22N2O2/c1-12-4-6-13(7-5-12)15(2,14(18)19)17-10-8-16(3)9-11-17/h4-7H,8-11H2,1-3H3,(H,18,19). The first kappa shape index (κ1) is 14.0. The van der Waals surface area contributed by atoms with Crippen LogP contribution in [0.15, 0.2) is 24.3 Å². The highest BCUT2D eigenvalue weighted by atomic mass is 16.4. The van der Waals surface area contributed by atoms with Gasteiger partial charge in [0.05, 0.1) is 0 Å². The Hall–Kier alpha value is -1.39. The summed E-state index contributed by atoms with van der Waals surface area (Å²) < 4.78 is 0. The maximum absolute atomic E-state index is 11.8. The predicted octanol–water partition coefficient (Wildman–Crippen LogP) is 1.54. The van der Waals surface area contributed by atoms with Crippen LogP contribution >= 0.6 is 0 Å². The van der Waals surface area contributed by atoms with Crippen molar-refractivity contribution in [3.8, 4) is 0 Å². The molecule has 2 rings (SSSR count). The first-order valence-electron chi connectivity index (χ1n) is 6.68. The number of nitrogens with zero attached hydrogens (tertiary/aromatic N) is 2. The van der Waals surface area contributed by atoms with Gasteiger partial charge in [-0.2, -0.15) is 0 Å². The minimum atomic E-state index is -0.936. The van der Waals surface area contributed by atoms with Crippen molar-refractivity contribution >= 4 is 5.97 Å². The molecule has 0 bridgehead atoms. The zero-order valence-corrected chi connectivity index (χ0v) is 11.9. The van der Waals surface area contributed by atoms with Gasteiger partial charge in [-0.15, -0.1) is 0 Å². The third-order valence-corrected chi connectivity index (χ3v) is 4.17. The van der Waals surface area contributed by atoms with Gasteiger partial charge in [0.2, 0.25) is 0 Å². The maximum atomic E-state index is 11.8. The molecule has 1 aromatic carbocycles. The lowest BCUT2D eigenvalue weighted by atomic mass is 9.89. The summed E-state index contributed by atoms with van der Waals surface area (Å²) in [5.74, 6) is -0.777. The molecule has 1 aliphatic rings. The minimum absolute atomic E-state index is 0.777. The lowest BCUT2D eigenvalue weighted by Crippen LogP contribution is -2.56. The average molecular weight is 262 g/mol. The number of piperazine rings is 1. The molecular formula is C15H22N2O2. The third kappa shape index (κ3) is 2.65. The van der Waals surface area contributed by atoms with Crippen LogP contribution in [0, 0.1) is 6.92 Å². The van der Waals surface area contributed by atoms with Crippen LogP contribution in [0.25, 0.3) is 0 Å². The molecule has 0 aromatic heterocycles. The van der Waals surface area contributed by atoms with Crippen molar-refractivity contribution in [2.24, 2.45) is 0 Å². The molecule has 1 aliphatic heterocycles. The Morgan fingerprint density at radius 1 is 1.16 bits per heavy atom. The number of aliphatic carboxylic acids is 1. The van der Waals surface area contributed by atoms with Crippen LogP contribution in [0.1, 0.15) is 18.1 Å². The molecule has 1 N–H and O–H groups in total. The topological polar surface area (TPSA) is 43.8 Å². The van der Waals surface area contributed by atoms with Gasteiger partial charge in [0.25, 0.3) is 0 Å². The molecule has 104 valence electrons. The van der Waals surface area contributed by atoms with Crippen molar-refractivity contribution in [2.75, 3.05) is 33.2 Å². The van der Waals surface area contributed by atoms with Gasteiger partial charge in [0.1, 0.15) is 5.54 Å². The highest BCUT2D eigenvalue weighted by molar-refractivity contribution is 5.80. The highest BCUT2D eigenvalue weighted by Crippen LogP contribution is 2.29. The smallest absolute Gasteiger partial charge is 0.328 e. The second kappa shape index (κ2) is 5.31. The van der Waals surface area contributed by atoms with Gasteiger partial charge in [0, 0.05) is 26.2 Å². The van der Waals surface area contributed by atoms with Crippen LogP contribution < -0.4 is 0 Å². The molecule has 1 atom stereocenters. The van der Waals surface area contributed by atoms with Crippen LogP contribution in [-0.4, -0.2) is 54.1 Å². The van der Waals surface area contributed by atoms with Crippen molar-refractivity contribution < 1.29 is 9.90 Å². The van der Waals surface area contributed by atoms with E-state index >= 15 is 0 Å². The van der Waals surface area contributed by atoms with Gasteiger partial charge in [-0.25, -0.2) is 4.79 Å². The summed E-state index contributed by atoms with van der Waals surface area (Å²) in [5, 5.41) is 9.72. The summed E-state index contributed by atoms with van der Waals surface area (Å²) in [7, 11) is 2.07. The first-order chi connectivity index (χ1) is 8.94. The molecule has 0 aliphatic carbocycles. The first-order valence-corrected chi connectivity index (χ1v) is 6.68.